The minimum absolute atomic E-state index is 0.163. The summed E-state index contributed by atoms with van der Waals surface area (Å²) in [4.78, 5) is 22.4. The smallest absolute Gasteiger partial charge is 0.226 e. The summed E-state index contributed by atoms with van der Waals surface area (Å²) in [6.07, 6.45) is 2.62. The van der Waals surface area contributed by atoms with Crippen molar-refractivity contribution in [2.45, 2.75) is 13.0 Å². The van der Waals surface area contributed by atoms with Crippen LogP contribution in [0.1, 0.15) is 16.9 Å². The number of carbonyl (C=O) groups excluding carboxylic acids is 2. The largest absolute Gasteiger partial charge is 0.345 e. The van der Waals surface area contributed by atoms with Crippen LogP contribution in [0, 0.1) is 5.82 Å². The zero-order chi connectivity index (χ0) is 13.7. The van der Waals surface area contributed by atoms with E-state index < -0.39 is 5.82 Å². The summed E-state index contributed by atoms with van der Waals surface area (Å²) in [7, 11) is 0. The van der Waals surface area contributed by atoms with Crippen LogP contribution in [0.15, 0.2) is 42.6 Å². The van der Waals surface area contributed by atoms with Gasteiger partial charge in [0.2, 0.25) is 5.91 Å². The normalized spacial score (nSPS) is 10.2. The number of para-hydroxylation sites is 1. The van der Waals surface area contributed by atoms with Crippen LogP contribution < -0.4 is 5.32 Å². The number of hydrogen-bond acceptors (Lipinski definition) is 2. The molecule has 0 aliphatic heterocycles. The van der Waals surface area contributed by atoms with E-state index in [1.807, 2.05) is 0 Å². The lowest BCUT2D eigenvalue weighted by atomic mass is 10.3. The number of aldehydes is 1. The fraction of sp³-hybridized carbons (Fsp3) is 0.143. The molecule has 0 spiro atoms. The average molecular weight is 260 g/mol. The van der Waals surface area contributed by atoms with Crippen molar-refractivity contribution < 1.29 is 14.0 Å². The summed E-state index contributed by atoms with van der Waals surface area (Å²) in [5.74, 6) is -0.763. The zero-order valence-electron chi connectivity index (χ0n) is 10.2. The number of aromatic nitrogens is 1. The quantitative estimate of drug-likeness (QED) is 0.839. The minimum Gasteiger partial charge on any atom is -0.345 e. The van der Waals surface area contributed by atoms with Gasteiger partial charge < -0.3 is 9.88 Å². The van der Waals surface area contributed by atoms with Gasteiger partial charge in [-0.25, -0.2) is 4.39 Å². The van der Waals surface area contributed by atoms with Crippen LogP contribution in [0.3, 0.4) is 0 Å². The lowest BCUT2D eigenvalue weighted by molar-refractivity contribution is -0.116. The third kappa shape index (κ3) is 3.28. The van der Waals surface area contributed by atoms with E-state index >= 15 is 0 Å². The Hall–Kier alpha value is -2.43. The molecule has 1 aromatic carbocycles. The van der Waals surface area contributed by atoms with Crippen molar-refractivity contribution in [3.05, 3.63) is 54.1 Å². The summed E-state index contributed by atoms with van der Waals surface area (Å²) in [6.45, 7) is 0.376. The second-order valence-electron chi connectivity index (χ2n) is 4.02. The number of carbonyl (C=O) groups is 2. The molecule has 0 aliphatic rings. The van der Waals surface area contributed by atoms with Gasteiger partial charge in [-0.1, -0.05) is 12.1 Å². The Morgan fingerprint density at radius 3 is 2.79 bits per heavy atom. The Bertz CT molecular complexity index is 593. The molecule has 1 amide bonds. The number of halogens is 1. The van der Waals surface area contributed by atoms with Crippen molar-refractivity contribution in [2.75, 3.05) is 5.32 Å². The van der Waals surface area contributed by atoms with Crippen molar-refractivity contribution >= 4 is 17.9 Å². The van der Waals surface area contributed by atoms with Crippen molar-refractivity contribution in [2.24, 2.45) is 0 Å². The lowest BCUT2D eigenvalue weighted by Crippen LogP contribution is -2.15. The number of amides is 1. The molecule has 2 aromatic rings. The standard InChI is InChI=1S/C14H13FN2O2/c15-12-5-1-2-6-13(12)16-14(19)7-9-17-8-3-4-11(17)10-18/h1-6,8,10H,7,9H2,(H,16,19). The monoisotopic (exact) mass is 260 g/mol. The van der Waals surface area contributed by atoms with Crippen molar-refractivity contribution in [3.63, 3.8) is 0 Å². The maximum atomic E-state index is 13.3. The van der Waals surface area contributed by atoms with Gasteiger partial charge in [0.25, 0.3) is 0 Å². The number of benzene rings is 1. The molecule has 1 heterocycles. The van der Waals surface area contributed by atoms with E-state index in [0.717, 1.165) is 6.29 Å². The Labute approximate surface area is 109 Å². The summed E-state index contributed by atoms with van der Waals surface area (Å²) < 4.78 is 15.0. The van der Waals surface area contributed by atoms with Crippen LogP contribution in [-0.2, 0) is 11.3 Å². The molecular weight excluding hydrogens is 247 g/mol. The molecule has 19 heavy (non-hydrogen) atoms. The summed E-state index contributed by atoms with van der Waals surface area (Å²) in [5, 5.41) is 2.49. The van der Waals surface area contributed by atoms with E-state index in [1.54, 1.807) is 35.0 Å². The maximum Gasteiger partial charge on any atom is 0.226 e. The third-order valence-electron chi connectivity index (χ3n) is 2.71. The van der Waals surface area contributed by atoms with Crippen LogP contribution in [-0.4, -0.2) is 16.8 Å². The van der Waals surface area contributed by atoms with E-state index in [0.29, 0.717) is 12.2 Å². The number of anilines is 1. The van der Waals surface area contributed by atoms with Gasteiger partial charge in [-0.05, 0) is 24.3 Å². The minimum atomic E-state index is -0.467. The maximum absolute atomic E-state index is 13.3. The predicted molar refractivity (Wildman–Crippen MR) is 69.5 cm³/mol. The first-order valence-corrected chi connectivity index (χ1v) is 5.85. The molecular formula is C14H13FN2O2. The first-order chi connectivity index (χ1) is 9.20. The summed E-state index contributed by atoms with van der Waals surface area (Å²) in [5.41, 5.74) is 0.675. The third-order valence-corrected chi connectivity index (χ3v) is 2.71. The molecule has 1 aromatic heterocycles. The van der Waals surface area contributed by atoms with Crippen LogP contribution in [0.5, 0.6) is 0 Å². The van der Waals surface area contributed by atoms with Crippen molar-refractivity contribution in [1.29, 1.82) is 0 Å². The van der Waals surface area contributed by atoms with E-state index in [2.05, 4.69) is 5.32 Å². The molecule has 98 valence electrons. The van der Waals surface area contributed by atoms with Crippen molar-refractivity contribution in [1.82, 2.24) is 4.57 Å². The molecule has 0 saturated carbocycles. The molecule has 0 unspecified atom stereocenters. The first kappa shape index (κ1) is 13.0. The highest BCUT2D eigenvalue weighted by Crippen LogP contribution is 2.12. The second kappa shape index (κ2) is 5.95. The SMILES string of the molecule is O=Cc1cccn1CCC(=O)Nc1ccccc1F. The molecule has 1 N–H and O–H groups in total. The summed E-state index contributed by atoms with van der Waals surface area (Å²) in [6, 6.07) is 9.39. The van der Waals surface area contributed by atoms with Gasteiger partial charge >= 0.3 is 0 Å². The van der Waals surface area contributed by atoms with E-state index in [4.69, 9.17) is 0 Å². The molecule has 0 atom stereocenters. The predicted octanol–water partition coefficient (Wildman–Crippen LogP) is 2.47. The second-order valence-corrected chi connectivity index (χ2v) is 4.02. The molecule has 2 rings (SSSR count). The molecule has 0 bridgehead atoms. The van der Waals surface area contributed by atoms with Gasteiger partial charge in [0.05, 0.1) is 11.4 Å². The van der Waals surface area contributed by atoms with Crippen LogP contribution >= 0.6 is 0 Å². The molecule has 0 radical (unpaired) electrons. The highest BCUT2D eigenvalue weighted by atomic mass is 19.1. The Kier molecular flexibility index (Phi) is 4.07. The van der Waals surface area contributed by atoms with E-state index in [1.165, 1.54) is 12.1 Å². The van der Waals surface area contributed by atoms with Gasteiger partial charge in [0, 0.05) is 19.2 Å². The van der Waals surface area contributed by atoms with Gasteiger partial charge in [-0.3, -0.25) is 9.59 Å². The van der Waals surface area contributed by atoms with Crippen LogP contribution in [0.25, 0.3) is 0 Å². The zero-order valence-corrected chi connectivity index (χ0v) is 10.2. The Morgan fingerprint density at radius 2 is 2.05 bits per heavy atom. The summed E-state index contributed by atoms with van der Waals surface area (Å²) >= 11 is 0. The highest BCUT2D eigenvalue weighted by molar-refractivity contribution is 5.90. The number of nitrogens with zero attached hydrogens (tertiary/aromatic N) is 1. The molecule has 0 fully saturated rings. The topological polar surface area (TPSA) is 51.1 Å². The van der Waals surface area contributed by atoms with E-state index in [-0.39, 0.29) is 18.0 Å². The fourth-order valence-corrected chi connectivity index (χ4v) is 1.74. The molecule has 4 nitrogen and oxygen atoms in total. The average Bonchev–Trinajstić information content (AvgIpc) is 2.86. The molecule has 0 saturated heterocycles. The number of aryl methyl sites for hydroxylation is 1. The van der Waals surface area contributed by atoms with Gasteiger partial charge in [-0.2, -0.15) is 0 Å². The Balaban J connectivity index is 1.92. The lowest BCUT2D eigenvalue weighted by Gasteiger charge is -2.07. The van der Waals surface area contributed by atoms with Crippen molar-refractivity contribution in [3.8, 4) is 0 Å². The van der Waals surface area contributed by atoms with Crippen LogP contribution in [0.2, 0.25) is 0 Å². The van der Waals surface area contributed by atoms with E-state index in [9.17, 15) is 14.0 Å². The fourth-order valence-electron chi connectivity index (χ4n) is 1.74. The first-order valence-electron chi connectivity index (χ1n) is 5.85. The number of hydrogen-bond donors (Lipinski definition) is 1. The number of rotatable bonds is 5. The van der Waals surface area contributed by atoms with Gasteiger partial charge in [0.15, 0.2) is 6.29 Å². The van der Waals surface area contributed by atoms with Gasteiger partial charge in [-0.15, -0.1) is 0 Å². The number of nitrogens with one attached hydrogen (secondary N) is 1. The molecule has 0 aliphatic carbocycles. The highest BCUT2D eigenvalue weighted by Gasteiger charge is 2.07. The molecule has 5 heteroatoms. The Morgan fingerprint density at radius 1 is 1.26 bits per heavy atom. The van der Waals surface area contributed by atoms with Crippen LogP contribution in [0.4, 0.5) is 10.1 Å². The van der Waals surface area contributed by atoms with Gasteiger partial charge in [0.1, 0.15) is 5.82 Å².